The molecular formula is C22H23BFNO3. The highest BCUT2D eigenvalue weighted by atomic mass is 19.1. The van der Waals surface area contributed by atoms with Crippen LogP contribution in [0.5, 0.6) is 0 Å². The molecule has 1 aliphatic rings. The number of aromatic nitrogens is 1. The van der Waals surface area contributed by atoms with Crippen molar-refractivity contribution in [1.29, 1.82) is 0 Å². The summed E-state index contributed by atoms with van der Waals surface area (Å²) in [5.74, 6) is -0.541. The third kappa shape index (κ3) is 3.27. The molecule has 0 N–H and O–H groups in total. The van der Waals surface area contributed by atoms with Gasteiger partial charge >= 0.3 is 7.12 Å². The Kier molecular flexibility index (Phi) is 4.44. The minimum Gasteiger partial charge on any atom is -0.399 e. The molecule has 4 nitrogen and oxygen atoms in total. The van der Waals surface area contributed by atoms with Gasteiger partial charge in [0.25, 0.3) is 0 Å². The fourth-order valence-corrected chi connectivity index (χ4v) is 3.33. The van der Waals surface area contributed by atoms with E-state index < -0.39 is 24.1 Å². The Morgan fingerprint density at radius 1 is 1.00 bits per heavy atom. The summed E-state index contributed by atoms with van der Waals surface area (Å²) < 4.78 is 28.2. The van der Waals surface area contributed by atoms with Crippen LogP contribution in [0.15, 0.2) is 54.9 Å². The van der Waals surface area contributed by atoms with Crippen LogP contribution in [0, 0.1) is 5.82 Å². The Bertz CT molecular complexity index is 1010. The predicted molar refractivity (Wildman–Crippen MR) is 108 cm³/mol. The number of nitrogens with zero attached hydrogens (tertiary/aromatic N) is 1. The molecule has 1 aliphatic heterocycles. The summed E-state index contributed by atoms with van der Waals surface area (Å²) in [5, 5.41) is 2.00. The number of hydrogen-bond donors (Lipinski definition) is 0. The van der Waals surface area contributed by atoms with Gasteiger partial charge in [0, 0.05) is 17.9 Å². The van der Waals surface area contributed by atoms with Crippen molar-refractivity contribution in [3.05, 3.63) is 66.2 Å². The third-order valence-corrected chi connectivity index (χ3v) is 5.77. The third-order valence-electron chi connectivity index (χ3n) is 5.77. The normalized spacial score (nSPS) is 18.0. The van der Waals surface area contributed by atoms with Crippen LogP contribution in [0.4, 0.5) is 4.39 Å². The largest absolute Gasteiger partial charge is 0.497 e. The summed E-state index contributed by atoms with van der Waals surface area (Å²) in [4.78, 5) is 12.6. The first-order valence-electron chi connectivity index (χ1n) is 9.40. The lowest BCUT2D eigenvalue weighted by molar-refractivity contribution is 0.00578. The van der Waals surface area contributed by atoms with Crippen molar-refractivity contribution in [2.24, 2.45) is 0 Å². The summed E-state index contributed by atoms with van der Waals surface area (Å²) in [6, 6.07) is 12.6. The van der Waals surface area contributed by atoms with Crippen molar-refractivity contribution in [2.45, 2.75) is 45.3 Å². The molecule has 0 radical (unpaired) electrons. The quantitative estimate of drug-likeness (QED) is 0.647. The van der Waals surface area contributed by atoms with Crippen LogP contribution < -0.4 is 5.46 Å². The van der Waals surface area contributed by atoms with Crippen LogP contribution in [-0.2, 0) is 15.7 Å². The Balaban J connectivity index is 1.52. The van der Waals surface area contributed by atoms with Gasteiger partial charge in [-0.25, -0.2) is 4.39 Å². The summed E-state index contributed by atoms with van der Waals surface area (Å²) in [6.45, 7) is 7.72. The van der Waals surface area contributed by atoms with Gasteiger partial charge < -0.3 is 9.31 Å². The van der Waals surface area contributed by atoms with Crippen LogP contribution in [0.1, 0.15) is 38.1 Å². The highest BCUT2D eigenvalue weighted by Crippen LogP contribution is 2.36. The zero-order valence-electron chi connectivity index (χ0n) is 16.5. The minimum absolute atomic E-state index is 0.112. The van der Waals surface area contributed by atoms with E-state index in [-0.39, 0.29) is 12.3 Å². The molecule has 0 unspecified atom stereocenters. The average Bonchev–Trinajstić information content (AvgIpc) is 3.13. The molecule has 1 saturated heterocycles. The lowest BCUT2D eigenvalue weighted by Crippen LogP contribution is -2.41. The van der Waals surface area contributed by atoms with Crippen LogP contribution >= 0.6 is 0 Å². The molecule has 0 saturated carbocycles. The molecule has 0 bridgehead atoms. The smallest absolute Gasteiger partial charge is 0.399 e. The van der Waals surface area contributed by atoms with E-state index in [0.29, 0.717) is 11.0 Å². The van der Waals surface area contributed by atoms with E-state index in [1.807, 2.05) is 52.0 Å². The predicted octanol–water partition coefficient (Wildman–Crippen LogP) is 3.96. The number of hydrogen-bond acceptors (Lipinski definition) is 3. The molecule has 2 aromatic carbocycles. The number of fused-ring (bicyclic) bond motifs is 1. The van der Waals surface area contributed by atoms with Gasteiger partial charge in [0.15, 0.2) is 0 Å². The molecular weight excluding hydrogens is 356 g/mol. The molecule has 3 aromatic rings. The highest BCUT2D eigenvalue weighted by Gasteiger charge is 2.52. The summed E-state index contributed by atoms with van der Waals surface area (Å²) in [7, 11) is -0.760. The molecule has 0 spiro atoms. The van der Waals surface area contributed by atoms with E-state index in [0.717, 1.165) is 10.8 Å². The lowest BCUT2D eigenvalue weighted by Gasteiger charge is -2.32. The first kappa shape index (κ1) is 18.9. The molecule has 28 heavy (non-hydrogen) atoms. The average molecular weight is 379 g/mol. The minimum atomic E-state index is -0.760. The summed E-state index contributed by atoms with van der Waals surface area (Å²) in [5.41, 5.74) is -0.105. The van der Waals surface area contributed by atoms with Gasteiger partial charge in [0.05, 0.1) is 17.6 Å². The number of halogens is 1. The second-order valence-corrected chi connectivity index (χ2v) is 8.31. The molecule has 6 heteroatoms. The lowest BCUT2D eigenvalue weighted by atomic mass is 9.78. The van der Waals surface area contributed by atoms with Crippen molar-refractivity contribution in [3.8, 4) is 0 Å². The Morgan fingerprint density at radius 2 is 1.57 bits per heavy atom. The summed E-state index contributed by atoms with van der Waals surface area (Å²) >= 11 is 0. The SMILES string of the molecule is CC1(C)OB(c2ccc(CC(=O)n3cc4ccccc4c3)cc2F)OC1(C)C. The van der Waals surface area contributed by atoms with Crippen LogP contribution in [0.2, 0.25) is 0 Å². The van der Waals surface area contributed by atoms with E-state index >= 15 is 0 Å². The monoisotopic (exact) mass is 379 g/mol. The number of carbonyl (C=O) groups is 1. The van der Waals surface area contributed by atoms with Crippen LogP contribution in [0.3, 0.4) is 0 Å². The number of rotatable bonds is 3. The van der Waals surface area contributed by atoms with Crippen molar-refractivity contribution >= 4 is 29.3 Å². The maximum atomic E-state index is 14.7. The Morgan fingerprint density at radius 3 is 2.11 bits per heavy atom. The van der Waals surface area contributed by atoms with Crippen LogP contribution in [-0.4, -0.2) is 28.8 Å². The fraction of sp³-hybridized carbons (Fsp3) is 0.318. The van der Waals surface area contributed by atoms with Crippen molar-refractivity contribution in [3.63, 3.8) is 0 Å². The molecule has 2 heterocycles. The number of carbonyl (C=O) groups excluding carboxylic acids is 1. The first-order chi connectivity index (χ1) is 13.2. The van der Waals surface area contributed by atoms with Gasteiger partial charge in [0.2, 0.25) is 5.91 Å². The standard InChI is InChI=1S/C22H23BFNO3/c1-21(2)22(3,4)28-23(27-21)18-10-9-15(11-19(18)24)12-20(26)25-13-16-7-5-6-8-17(16)14-25/h5-11,13-14H,12H2,1-4H3. The van der Waals surface area contributed by atoms with E-state index in [4.69, 9.17) is 9.31 Å². The van der Waals surface area contributed by atoms with Crippen molar-refractivity contribution in [2.75, 3.05) is 0 Å². The zero-order valence-corrected chi connectivity index (χ0v) is 16.5. The van der Waals surface area contributed by atoms with Gasteiger partial charge in [0.1, 0.15) is 5.82 Å². The molecule has 0 amide bonds. The fourth-order valence-electron chi connectivity index (χ4n) is 3.33. The molecule has 0 aliphatic carbocycles. The van der Waals surface area contributed by atoms with E-state index in [2.05, 4.69) is 0 Å². The van der Waals surface area contributed by atoms with E-state index in [1.165, 1.54) is 6.07 Å². The van der Waals surface area contributed by atoms with Crippen LogP contribution in [0.25, 0.3) is 10.8 Å². The van der Waals surface area contributed by atoms with E-state index in [9.17, 15) is 9.18 Å². The molecule has 4 rings (SSSR count). The maximum Gasteiger partial charge on any atom is 0.497 e. The second-order valence-electron chi connectivity index (χ2n) is 8.31. The highest BCUT2D eigenvalue weighted by molar-refractivity contribution is 6.62. The topological polar surface area (TPSA) is 40.5 Å². The van der Waals surface area contributed by atoms with Gasteiger partial charge in [-0.15, -0.1) is 0 Å². The number of benzene rings is 2. The Hall–Kier alpha value is -2.44. The van der Waals surface area contributed by atoms with Gasteiger partial charge in [-0.2, -0.15) is 0 Å². The molecule has 1 aromatic heterocycles. The molecule has 144 valence electrons. The maximum absolute atomic E-state index is 14.7. The molecule has 1 fully saturated rings. The van der Waals surface area contributed by atoms with Crippen molar-refractivity contribution in [1.82, 2.24) is 4.57 Å². The second kappa shape index (κ2) is 6.57. The van der Waals surface area contributed by atoms with Gasteiger partial charge in [-0.3, -0.25) is 9.36 Å². The Labute approximate surface area is 164 Å². The van der Waals surface area contributed by atoms with E-state index in [1.54, 1.807) is 29.1 Å². The van der Waals surface area contributed by atoms with Crippen molar-refractivity contribution < 1.29 is 18.5 Å². The van der Waals surface area contributed by atoms with Gasteiger partial charge in [-0.1, -0.05) is 36.4 Å². The first-order valence-corrected chi connectivity index (χ1v) is 9.40. The van der Waals surface area contributed by atoms with Gasteiger partial charge in [-0.05, 0) is 50.1 Å². The molecule has 0 atom stereocenters. The zero-order chi connectivity index (χ0) is 20.1. The summed E-state index contributed by atoms with van der Waals surface area (Å²) in [6.07, 6.45) is 3.71.